The highest BCUT2D eigenvalue weighted by Gasteiger charge is 2.19. The molecule has 2 N–H and O–H groups in total. The topological polar surface area (TPSA) is 42.9 Å². The van der Waals surface area contributed by atoms with Gasteiger partial charge in [0.15, 0.2) is 5.96 Å². The molecule has 26 heavy (non-hydrogen) atoms. The number of likely N-dealkylation sites (tertiary alicyclic amines) is 2. The molecule has 0 aromatic rings. The Morgan fingerprint density at radius 2 is 1.81 bits per heavy atom. The van der Waals surface area contributed by atoms with Crippen molar-refractivity contribution in [3.05, 3.63) is 0 Å². The van der Waals surface area contributed by atoms with Crippen molar-refractivity contribution < 1.29 is 0 Å². The van der Waals surface area contributed by atoms with Gasteiger partial charge in [-0.15, -0.1) is 24.0 Å². The number of hydrogen-bond acceptors (Lipinski definition) is 3. The van der Waals surface area contributed by atoms with Crippen LogP contribution < -0.4 is 10.6 Å². The van der Waals surface area contributed by atoms with Crippen molar-refractivity contribution in [3.63, 3.8) is 0 Å². The van der Waals surface area contributed by atoms with Crippen molar-refractivity contribution >= 4 is 29.9 Å². The van der Waals surface area contributed by atoms with Crippen LogP contribution in [0.5, 0.6) is 0 Å². The number of aliphatic imine (C=N–C) groups is 1. The van der Waals surface area contributed by atoms with Gasteiger partial charge < -0.3 is 20.4 Å². The van der Waals surface area contributed by atoms with Crippen molar-refractivity contribution in [3.8, 4) is 0 Å². The molecule has 154 valence electrons. The first-order chi connectivity index (χ1) is 12.2. The van der Waals surface area contributed by atoms with Gasteiger partial charge in [0.05, 0.1) is 0 Å². The summed E-state index contributed by atoms with van der Waals surface area (Å²) >= 11 is 0. The van der Waals surface area contributed by atoms with Crippen LogP contribution in [0.3, 0.4) is 0 Å². The van der Waals surface area contributed by atoms with E-state index < -0.39 is 0 Å². The fourth-order valence-corrected chi connectivity index (χ4v) is 4.14. The molecule has 0 aliphatic carbocycles. The number of unbranched alkanes of at least 4 members (excludes halogenated alkanes) is 1. The lowest BCUT2D eigenvalue weighted by Gasteiger charge is -2.33. The number of halogens is 1. The predicted molar refractivity (Wildman–Crippen MR) is 124 cm³/mol. The van der Waals surface area contributed by atoms with Crippen LogP contribution >= 0.6 is 24.0 Å². The van der Waals surface area contributed by atoms with E-state index in [2.05, 4.69) is 39.3 Å². The Labute approximate surface area is 178 Å². The van der Waals surface area contributed by atoms with Gasteiger partial charge in [-0.05, 0) is 71.5 Å². The van der Waals surface area contributed by atoms with Crippen LogP contribution in [0.15, 0.2) is 4.99 Å². The third-order valence-corrected chi connectivity index (χ3v) is 5.80. The standard InChI is InChI=1S/C20H41N5.HI/c1-4-13-24-16-10-19(11-17-24)23-20(21-3)22-12-6-8-15-25-14-7-5-9-18(25)2;/h18-19H,4-17H2,1-3H3,(H2,21,22,23);1H. The summed E-state index contributed by atoms with van der Waals surface area (Å²) in [7, 11) is 1.89. The minimum atomic E-state index is 0. The highest BCUT2D eigenvalue weighted by atomic mass is 127. The molecule has 2 saturated heterocycles. The average molecular weight is 479 g/mol. The molecule has 2 fully saturated rings. The first-order valence-corrected chi connectivity index (χ1v) is 10.7. The van der Waals surface area contributed by atoms with Crippen molar-refractivity contribution in [2.24, 2.45) is 4.99 Å². The van der Waals surface area contributed by atoms with Gasteiger partial charge in [-0.2, -0.15) is 0 Å². The quantitative estimate of drug-likeness (QED) is 0.243. The van der Waals surface area contributed by atoms with E-state index in [1.54, 1.807) is 0 Å². The van der Waals surface area contributed by atoms with E-state index in [1.165, 1.54) is 84.1 Å². The fraction of sp³-hybridized carbons (Fsp3) is 0.950. The summed E-state index contributed by atoms with van der Waals surface area (Å²) in [6, 6.07) is 1.36. The molecule has 0 aromatic heterocycles. The molecule has 0 spiro atoms. The maximum absolute atomic E-state index is 4.41. The Morgan fingerprint density at radius 3 is 2.46 bits per heavy atom. The number of hydrogen-bond donors (Lipinski definition) is 2. The maximum Gasteiger partial charge on any atom is 0.191 e. The van der Waals surface area contributed by atoms with Gasteiger partial charge in [-0.1, -0.05) is 13.3 Å². The second-order valence-corrected chi connectivity index (χ2v) is 7.85. The van der Waals surface area contributed by atoms with Gasteiger partial charge in [-0.25, -0.2) is 0 Å². The Hall–Kier alpha value is -0.0800. The second kappa shape index (κ2) is 14.0. The molecule has 0 aromatic carbocycles. The van der Waals surface area contributed by atoms with Crippen molar-refractivity contribution in [1.82, 2.24) is 20.4 Å². The van der Waals surface area contributed by atoms with E-state index in [0.29, 0.717) is 6.04 Å². The molecular weight excluding hydrogens is 437 g/mol. The van der Waals surface area contributed by atoms with Crippen LogP contribution in [0, 0.1) is 0 Å². The summed E-state index contributed by atoms with van der Waals surface area (Å²) in [5.41, 5.74) is 0. The minimum absolute atomic E-state index is 0. The summed E-state index contributed by atoms with van der Waals surface area (Å²) in [5, 5.41) is 7.13. The summed E-state index contributed by atoms with van der Waals surface area (Å²) < 4.78 is 0. The van der Waals surface area contributed by atoms with Crippen molar-refractivity contribution in [2.75, 3.05) is 46.3 Å². The zero-order valence-electron chi connectivity index (χ0n) is 17.3. The smallest absolute Gasteiger partial charge is 0.191 e. The Bertz CT molecular complexity index is 382. The van der Waals surface area contributed by atoms with E-state index >= 15 is 0 Å². The van der Waals surface area contributed by atoms with Gasteiger partial charge in [0.2, 0.25) is 0 Å². The van der Waals surface area contributed by atoms with Gasteiger partial charge in [0.25, 0.3) is 0 Å². The predicted octanol–water partition coefficient (Wildman–Crippen LogP) is 3.30. The molecular formula is C20H42IN5. The third-order valence-electron chi connectivity index (χ3n) is 5.80. The molecule has 1 atom stereocenters. The zero-order valence-corrected chi connectivity index (χ0v) is 19.6. The normalized spacial score (nSPS) is 23.5. The lowest BCUT2D eigenvalue weighted by atomic mass is 10.0. The minimum Gasteiger partial charge on any atom is -0.356 e. The highest BCUT2D eigenvalue weighted by Crippen LogP contribution is 2.16. The summed E-state index contributed by atoms with van der Waals surface area (Å²) in [6.07, 6.45) is 10.4. The summed E-state index contributed by atoms with van der Waals surface area (Å²) in [5.74, 6) is 0.986. The molecule has 0 radical (unpaired) electrons. The Balaban J connectivity index is 0.00000338. The third kappa shape index (κ3) is 8.74. The number of rotatable bonds is 8. The molecule has 6 heteroatoms. The lowest BCUT2D eigenvalue weighted by molar-refractivity contribution is 0.158. The number of piperidine rings is 2. The first kappa shape index (κ1) is 24.0. The zero-order chi connectivity index (χ0) is 17.9. The maximum atomic E-state index is 4.41. The lowest BCUT2D eigenvalue weighted by Crippen LogP contribution is -2.49. The van der Waals surface area contributed by atoms with E-state index in [4.69, 9.17) is 0 Å². The molecule has 0 bridgehead atoms. The Morgan fingerprint density at radius 1 is 1.04 bits per heavy atom. The molecule has 5 nitrogen and oxygen atoms in total. The molecule has 2 rings (SSSR count). The van der Waals surface area contributed by atoms with Gasteiger partial charge >= 0.3 is 0 Å². The largest absolute Gasteiger partial charge is 0.356 e. The number of nitrogens with zero attached hydrogens (tertiary/aromatic N) is 3. The van der Waals surface area contributed by atoms with Crippen LogP contribution in [0.2, 0.25) is 0 Å². The monoisotopic (exact) mass is 479 g/mol. The molecule has 2 heterocycles. The first-order valence-electron chi connectivity index (χ1n) is 10.7. The van der Waals surface area contributed by atoms with Crippen LogP contribution in [0.4, 0.5) is 0 Å². The number of guanidine groups is 1. The molecule has 2 aliphatic rings. The van der Waals surface area contributed by atoms with E-state index in [9.17, 15) is 0 Å². The van der Waals surface area contributed by atoms with E-state index in [0.717, 1.165) is 18.5 Å². The molecule has 0 amide bonds. The Kier molecular flexibility index (Phi) is 12.9. The average Bonchev–Trinajstić information content (AvgIpc) is 2.63. The van der Waals surface area contributed by atoms with Gasteiger partial charge in [0.1, 0.15) is 0 Å². The molecule has 2 aliphatic heterocycles. The highest BCUT2D eigenvalue weighted by molar-refractivity contribution is 14.0. The van der Waals surface area contributed by atoms with Gasteiger partial charge in [-0.3, -0.25) is 4.99 Å². The van der Waals surface area contributed by atoms with E-state index in [1.807, 2.05) is 7.05 Å². The fourth-order valence-electron chi connectivity index (χ4n) is 4.14. The van der Waals surface area contributed by atoms with Crippen LogP contribution in [0.1, 0.15) is 65.2 Å². The van der Waals surface area contributed by atoms with Crippen molar-refractivity contribution in [2.45, 2.75) is 77.3 Å². The SMILES string of the molecule is CCCN1CCC(NC(=NC)NCCCCN2CCCCC2C)CC1.I. The number of nitrogens with one attached hydrogen (secondary N) is 2. The molecule has 1 unspecified atom stereocenters. The summed E-state index contributed by atoms with van der Waals surface area (Å²) in [6.45, 7) is 11.9. The van der Waals surface area contributed by atoms with Crippen molar-refractivity contribution in [1.29, 1.82) is 0 Å². The van der Waals surface area contributed by atoms with Crippen LogP contribution in [-0.2, 0) is 0 Å². The second-order valence-electron chi connectivity index (χ2n) is 7.85. The summed E-state index contributed by atoms with van der Waals surface area (Å²) in [4.78, 5) is 9.65. The van der Waals surface area contributed by atoms with Crippen LogP contribution in [-0.4, -0.2) is 74.2 Å². The van der Waals surface area contributed by atoms with E-state index in [-0.39, 0.29) is 24.0 Å². The van der Waals surface area contributed by atoms with Gasteiger partial charge in [0, 0.05) is 38.8 Å². The van der Waals surface area contributed by atoms with Crippen LogP contribution in [0.25, 0.3) is 0 Å². The molecule has 0 saturated carbocycles.